The molecule has 0 aromatic carbocycles. The van der Waals surface area contributed by atoms with Crippen molar-refractivity contribution < 1.29 is 4.79 Å². The summed E-state index contributed by atoms with van der Waals surface area (Å²) in [6.07, 6.45) is 1.03. The highest BCUT2D eigenvalue weighted by Gasteiger charge is 2.15. The van der Waals surface area contributed by atoms with Gasteiger partial charge < -0.3 is 0 Å². The highest BCUT2D eigenvalue weighted by molar-refractivity contribution is 5.90. The third kappa shape index (κ3) is 3.83. The van der Waals surface area contributed by atoms with E-state index in [0.29, 0.717) is 12.4 Å². The Morgan fingerprint density at radius 3 is 2.71 bits per heavy atom. The van der Waals surface area contributed by atoms with Gasteiger partial charge in [-0.3, -0.25) is 14.8 Å². The number of carbonyl (C=O) groups is 1. The summed E-state index contributed by atoms with van der Waals surface area (Å²) in [7, 11) is 1.78. The van der Waals surface area contributed by atoms with E-state index in [1.807, 2.05) is 20.8 Å². The van der Waals surface area contributed by atoms with E-state index in [2.05, 4.69) is 30.8 Å². The Balaban J connectivity index is 1.97. The van der Waals surface area contributed by atoms with Crippen LogP contribution in [0.4, 0.5) is 5.95 Å². The Morgan fingerprint density at radius 2 is 2.10 bits per heavy atom. The fraction of sp³-hybridized carbons (Fsp3) is 0.667. The molecule has 21 heavy (non-hydrogen) atoms. The van der Waals surface area contributed by atoms with E-state index in [4.69, 9.17) is 0 Å². The van der Waals surface area contributed by atoms with E-state index in [9.17, 15) is 4.79 Å². The van der Waals surface area contributed by atoms with Crippen molar-refractivity contribution in [2.45, 2.75) is 46.1 Å². The van der Waals surface area contributed by atoms with Gasteiger partial charge in [-0.2, -0.15) is 9.90 Å². The van der Waals surface area contributed by atoms with Gasteiger partial charge in [0.2, 0.25) is 5.91 Å². The van der Waals surface area contributed by atoms with Crippen LogP contribution in [0.25, 0.3) is 0 Å². The molecule has 0 spiro atoms. The molecule has 0 unspecified atom stereocenters. The van der Waals surface area contributed by atoms with E-state index in [1.54, 1.807) is 11.7 Å². The number of tetrazole rings is 1. The molecule has 0 saturated carbocycles. The number of hydrogen-bond acceptors (Lipinski definition) is 6. The maximum atomic E-state index is 12.0. The zero-order chi connectivity index (χ0) is 15.4. The summed E-state index contributed by atoms with van der Waals surface area (Å²) in [6, 6.07) is 0. The average Bonchev–Trinajstić information content (AvgIpc) is 2.98. The number of rotatable bonds is 6. The number of nitrogens with zero attached hydrogens (tertiary/aromatic N) is 7. The summed E-state index contributed by atoms with van der Waals surface area (Å²) in [5.41, 5.74) is 0. The second kappa shape index (κ2) is 6.42. The summed E-state index contributed by atoms with van der Waals surface area (Å²) < 4.78 is 1.62. The zero-order valence-electron chi connectivity index (χ0n) is 12.7. The van der Waals surface area contributed by atoms with Crippen molar-refractivity contribution in [3.8, 4) is 0 Å². The topological polar surface area (TPSA) is 103 Å². The van der Waals surface area contributed by atoms with Crippen LogP contribution >= 0.6 is 0 Å². The van der Waals surface area contributed by atoms with E-state index < -0.39 is 0 Å². The minimum Gasteiger partial charge on any atom is -0.291 e. The predicted octanol–water partition coefficient (Wildman–Crippen LogP) is 0.516. The van der Waals surface area contributed by atoms with Gasteiger partial charge in [0.15, 0.2) is 5.82 Å². The van der Waals surface area contributed by atoms with Gasteiger partial charge in [-0.1, -0.05) is 25.9 Å². The van der Waals surface area contributed by atoms with Crippen molar-refractivity contribution in [3.05, 3.63) is 11.6 Å². The molecule has 0 radical (unpaired) electrons. The molecule has 2 heterocycles. The van der Waals surface area contributed by atoms with E-state index in [0.717, 1.165) is 12.2 Å². The van der Waals surface area contributed by atoms with E-state index >= 15 is 0 Å². The fourth-order valence-electron chi connectivity index (χ4n) is 1.74. The molecule has 1 amide bonds. The van der Waals surface area contributed by atoms with Crippen LogP contribution < -0.4 is 5.32 Å². The summed E-state index contributed by atoms with van der Waals surface area (Å²) >= 11 is 0. The number of aromatic nitrogens is 7. The van der Waals surface area contributed by atoms with Gasteiger partial charge in [-0.25, -0.2) is 4.98 Å². The summed E-state index contributed by atoms with van der Waals surface area (Å²) in [5.74, 6) is 1.53. The lowest BCUT2D eigenvalue weighted by atomic mass is 10.2. The SMILES string of the molecule is CCCn1nnc(NC(=O)Cc2nc(C(C)C)nn2C)n1. The fourth-order valence-corrected chi connectivity index (χ4v) is 1.74. The summed E-state index contributed by atoms with van der Waals surface area (Å²) in [6.45, 7) is 6.70. The smallest absolute Gasteiger partial charge is 0.270 e. The molecule has 1 N–H and O–H groups in total. The Morgan fingerprint density at radius 1 is 1.33 bits per heavy atom. The molecule has 9 heteroatoms. The Bertz CT molecular complexity index is 615. The molecule has 2 rings (SSSR count). The lowest BCUT2D eigenvalue weighted by molar-refractivity contribution is -0.115. The molecule has 0 bridgehead atoms. The molecule has 2 aromatic heterocycles. The van der Waals surface area contributed by atoms with Crippen LogP contribution in [0.15, 0.2) is 0 Å². The highest BCUT2D eigenvalue weighted by Crippen LogP contribution is 2.10. The van der Waals surface area contributed by atoms with Crippen molar-refractivity contribution in [3.63, 3.8) is 0 Å². The first-order valence-electron chi connectivity index (χ1n) is 6.97. The van der Waals surface area contributed by atoms with Crippen molar-refractivity contribution in [2.75, 3.05) is 5.32 Å². The molecule has 0 aliphatic carbocycles. The number of amides is 1. The first kappa shape index (κ1) is 15.1. The van der Waals surface area contributed by atoms with Gasteiger partial charge >= 0.3 is 0 Å². The van der Waals surface area contributed by atoms with Crippen molar-refractivity contribution >= 4 is 11.9 Å². The summed E-state index contributed by atoms with van der Waals surface area (Å²) in [4.78, 5) is 17.8. The molecule has 0 atom stereocenters. The molecule has 2 aromatic rings. The van der Waals surface area contributed by atoms with Gasteiger partial charge in [0, 0.05) is 13.0 Å². The molecular weight excluding hydrogens is 272 g/mol. The number of anilines is 1. The van der Waals surface area contributed by atoms with Crippen molar-refractivity contribution in [1.29, 1.82) is 0 Å². The Hall–Kier alpha value is -2.32. The van der Waals surface area contributed by atoms with Gasteiger partial charge in [-0.05, 0) is 11.6 Å². The van der Waals surface area contributed by atoms with Gasteiger partial charge in [0.25, 0.3) is 5.95 Å². The van der Waals surface area contributed by atoms with Crippen LogP contribution in [0.5, 0.6) is 0 Å². The van der Waals surface area contributed by atoms with Gasteiger partial charge in [-0.15, -0.1) is 5.10 Å². The first-order valence-corrected chi connectivity index (χ1v) is 6.97. The van der Waals surface area contributed by atoms with Crippen LogP contribution in [0.2, 0.25) is 0 Å². The quantitative estimate of drug-likeness (QED) is 0.832. The zero-order valence-corrected chi connectivity index (χ0v) is 12.7. The second-order valence-corrected chi connectivity index (χ2v) is 5.10. The monoisotopic (exact) mass is 292 g/mol. The van der Waals surface area contributed by atoms with E-state index in [1.165, 1.54) is 4.80 Å². The van der Waals surface area contributed by atoms with Crippen LogP contribution in [-0.4, -0.2) is 40.9 Å². The molecule has 0 fully saturated rings. The predicted molar refractivity (Wildman–Crippen MR) is 75.5 cm³/mol. The highest BCUT2D eigenvalue weighted by atomic mass is 16.1. The maximum Gasteiger partial charge on any atom is 0.270 e. The molecule has 0 aliphatic heterocycles. The normalized spacial score (nSPS) is 11.1. The molecule has 0 aliphatic rings. The second-order valence-electron chi connectivity index (χ2n) is 5.10. The largest absolute Gasteiger partial charge is 0.291 e. The van der Waals surface area contributed by atoms with Crippen LogP contribution in [-0.2, 0) is 24.8 Å². The van der Waals surface area contributed by atoms with Crippen LogP contribution in [0.3, 0.4) is 0 Å². The molecule has 114 valence electrons. The third-order valence-corrected chi connectivity index (χ3v) is 2.83. The van der Waals surface area contributed by atoms with Crippen molar-refractivity contribution in [2.24, 2.45) is 7.05 Å². The maximum absolute atomic E-state index is 12.0. The molecule has 9 nitrogen and oxygen atoms in total. The third-order valence-electron chi connectivity index (χ3n) is 2.83. The minimum atomic E-state index is -0.239. The number of nitrogens with one attached hydrogen (secondary N) is 1. The minimum absolute atomic E-state index is 0.124. The number of carbonyl (C=O) groups excluding carboxylic acids is 1. The Kier molecular flexibility index (Phi) is 4.61. The van der Waals surface area contributed by atoms with Crippen molar-refractivity contribution in [1.82, 2.24) is 35.0 Å². The summed E-state index contributed by atoms with van der Waals surface area (Å²) in [5, 5.41) is 18.6. The number of hydrogen-bond donors (Lipinski definition) is 1. The van der Waals surface area contributed by atoms with Gasteiger partial charge in [0.1, 0.15) is 5.82 Å². The van der Waals surface area contributed by atoms with Gasteiger partial charge in [0.05, 0.1) is 13.0 Å². The lowest BCUT2D eigenvalue weighted by Gasteiger charge is -1.99. The number of aryl methyl sites for hydroxylation is 2. The van der Waals surface area contributed by atoms with Crippen LogP contribution in [0, 0.1) is 0 Å². The standard InChI is InChI=1S/C12H20N8O/c1-5-6-20-17-12(15-18-20)14-10(21)7-9-13-11(8(2)3)16-19(9)4/h8H,5-7H2,1-4H3,(H,14,17,21). The van der Waals surface area contributed by atoms with E-state index in [-0.39, 0.29) is 24.2 Å². The van der Waals surface area contributed by atoms with Crippen LogP contribution in [0.1, 0.15) is 44.8 Å². The first-order chi connectivity index (χ1) is 9.99. The lowest BCUT2D eigenvalue weighted by Crippen LogP contribution is -2.18. The average molecular weight is 292 g/mol. The molecule has 0 saturated heterocycles. The Labute approximate surface area is 122 Å². The molecular formula is C12H20N8O.